The zero-order valence-corrected chi connectivity index (χ0v) is 11.1. The van der Waals surface area contributed by atoms with E-state index < -0.39 is 0 Å². The molecule has 0 aliphatic heterocycles. The molecule has 0 atom stereocenters. The van der Waals surface area contributed by atoms with E-state index in [1.807, 2.05) is 12.4 Å². The molecular weight excluding hydrogens is 240 g/mol. The van der Waals surface area contributed by atoms with Gasteiger partial charge in [-0.25, -0.2) is 4.52 Å². The lowest BCUT2D eigenvalue weighted by atomic mass is 9.95. The van der Waals surface area contributed by atoms with Crippen molar-refractivity contribution in [3.8, 4) is 0 Å². The highest BCUT2D eigenvalue weighted by molar-refractivity contribution is 5.42. The first kappa shape index (κ1) is 12.4. The second-order valence-corrected chi connectivity index (χ2v) is 5.25. The number of hydrogen-bond donors (Lipinski definition) is 1. The van der Waals surface area contributed by atoms with Crippen LogP contribution < -0.4 is 10.9 Å². The van der Waals surface area contributed by atoms with E-state index in [0.29, 0.717) is 11.6 Å². The van der Waals surface area contributed by atoms with Crippen LogP contribution in [0, 0.1) is 0 Å². The molecule has 2 aromatic heterocycles. The Morgan fingerprint density at radius 3 is 2.95 bits per heavy atom. The van der Waals surface area contributed by atoms with E-state index in [-0.39, 0.29) is 5.56 Å². The molecule has 0 unspecified atom stereocenters. The first-order chi connectivity index (χ1) is 9.34. The van der Waals surface area contributed by atoms with Crippen LogP contribution in [-0.4, -0.2) is 26.8 Å². The summed E-state index contributed by atoms with van der Waals surface area (Å²) in [6.07, 6.45) is 11.9. The van der Waals surface area contributed by atoms with Gasteiger partial charge in [0, 0.05) is 31.5 Å². The van der Waals surface area contributed by atoms with Crippen LogP contribution in [0.25, 0.3) is 5.52 Å². The Kier molecular flexibility index (Phi) is 3.64. The molecule has 2 heterocycles. The van der Waals surface area contributed by atoms with Crippen LogP contribution in [0.4, 0.5) is 0 Å². The second-order valence-electron chi connectivity index (χ2n) is 5.25. The van der Waals surface area contributed by atoms with E-state index in [0.717, 1.165) is 13.1 Å². The summed E-state index contributed by atoms with van der Waals surface area (Å²) < 4.78 is 3.38. The molecule has 19 heavy (non-hydrogen) atoms. The summed E-state index contributed by atoms with van der Waals surface area (Å²) in [7, 11) is 0. The van der Waals surface area contributed by atoms with Crippen LogP contribution in [-0.2, 0) is 6.54 Å². The highest BCUT2D eigenvalue weighted by Gasteiger charge is 2.12. The summed E-state index contributed by atoms with van der Waals surface area (Å²) in [4.78, 5) is 12.1. The van der Waals surface area contributed by atoms with Crippen molar-refractivity contribution in [2.45, 2.75) is 44.7 Å². The highest BCUT2D eigenvalue weighted by atomic mass is 16.1. The van der Waals surface area contributed by atoms with Gasteiger partial charge in [0.2, 0.25) is 0 Å². The third kappa shape index (κ3) is 2.71. The number of rotatable bonds is 4. The molecule has 102 valence electrons. The molecule has 2 aromatic rings. The number of fused-ring (bicyclic) bond motifs is 1. The summed E-state index contributed by atoms with van der Waals surface area (Å²) >= 11 is 0. The van der Waals surface area contributed by atoms with Crippen molar-refractivity contribution in [1.82, 2.24) is 19.5 Å². The van der Waals surface area contributed by atoms with Crippen LogP contribution >= 0.6 is 0 Å². The largest absolute Gasteiger partial charge is 0.312 e. The van der Waals surface area contributed by atoms with Gasteiger partial charge in [-0.1, -0.05) is 19.3 Å². The van der Waals surface area contributed by atoms with E-state index in [2.05, 4.69) is 10.4 Å². The van der Waals surface area contributed by atoms with Gasteiger partial charge in [0.25, 0.3) is 5.56 Å². The van der Waals surface area contributed by atoms with Crippen LogP contribution in [0.15, 0.2) is 29.5 Å². The minimum Gasteiger partial charge on any atom is -0.312 e. The number of aromatic nitrogens is 3. The monoisotopic (exact) mass is 260 g/mol. The van der Waals surface area contributed by atoms with Crippen molar-refractivity contribution < 1.29 is 0 Å². The topological polar surface area (TPSA) is 51.3 Å². The standard InChI is InChI=1S/C14H20N4O/c19-14-13-6-7-16-18(13)11-10-17(14)9-8-15-12-4-2-1-3-5-12/h6-7,10-12,15H,1-5,8-9H2. The lowest BCUT2D eigenvalue weighted by molar-refractivity contribution is 0.367. The van der Waals surface area contributed by atoms with Crippen molar-refractivity contribution in [1.29, 1.82) is 0 Å². The van der Waals surface area contributed by atoms with Gasteiger partial charge in [-0.3, -0.25) is 4.79 Å². The normalized spacial score (nSPS) is 17.1. The molecule has 5 nitrogen and oxygen atoms in total. The Morgan fingerprint density at radius 2 is 2.11 bits per heavy atom. The molecule has 1 aliphatic carbocycles. The van der Waals surface area contributed by atoms with E-state index in [1.165, 1.54) is 32.1 Å². The summed E-state index contributed by atoms with van der Waals surface area (Å²) in [6.45, 7) is 1.58. The maximum Gasteiger partial charge on any atom is 0.276 e. The number of nitrogens with zero attached hydrogens (tertiary/aromatic N) is 3. The Morgan fingerprint density at radius 1 is 1.26 bits per heavy atom. The van der Waals surface area contributed by atoms with E-state index in [1.54, 1.807) is 21.3 Å². The van der Waals surface area contributed by atoms with Crippen molar-refractivity contribution in [2.75, 3.05) is 6.54 Å². The maximum absolute atomic E-state index is 12.1. The molecule has 5 heteroatoms. The fraction of sp³-hybridized carbons (Fsp3) is 0.571. The highest BCUT2D eigenvalue weighted by Crippen LogP contribution is 2.16. The predicted molar refractivity (Wildman–Crippen MR) is 74.3 cm³/mol. The van der Waals surface area contributed by atoms with Crippen molar-refractivity contribution in [2.24, 2.45) is 0 Å². The van der Waals surface area contributed by atoms with Crippen LogP contribution in [0.1, 0.15) is 32.1 Å². The fourth-order valence-corrected chi connectivity index (χ4v) is 2.83. The van der Waals surface area contributed by atoms with Crippen LogP contribution in [0.2, 0.25) is 0 Å². The van der Waals surface area contributed by atoms with E-state index in [9.17, 15) is 4.79 Å². The van der Waals surface area contributed by atoms with Crippen LogP contribution in [0.3, 0.4) is 0 Å². The third-order valence-electron chi connectivity index (χ3n) is 3.93. The van der Waals surface area contributed by atoms with E-state index >= 15 is 0 Å². The van der Waals surface area contributed by atoms with Gasteiger partial charge in [-0.05, 0) is 18.9 Å². The van der Waals surface area contributed by atoms with Gasteiger partial charge in [0.05, 0.1) is 6.20 Å². The minimum absolute atomic E-state index is 0.0328. The Balaban J connectivity index is 1.61. The second kappa shape index (κ2) is 5.57. The zero-order valence-electron chi connectivity index (χ0n) is 11.1. The number of hydrogen-bond acceptors (Lipinski definition) is 3. The van der Waals surface area contributed by atoms with Gasteiger partial charge >= 0.3 is 0 Å². The molecule has 0 saturated heterocycles. The summed E-state index contributed by atoms with van der Waals surface area (Å²) in [6, 6.07) is 2.40. The molecule has 0 bridgehead atoms. The first-order valence-corrected chi connectivity index (χ1v) is 7.11. The fourth-order valence-electron chi connectivity index (χ4n) is 2.83. The van der Waals surface area contributed by atoms with Gasteiger partial charge < -0.3 is 9.88 Å². The third-order valence-corrected chi connectivity index (χ3v) is 3.93. The van der Waals surface area contributed by atoms with Gasteiger partial charge in [-0.15, -0.1) is 0 Å². The number of nitrogens with one attached hydrogen (secondary N) is 1. The smallest absolute Gasteiger partial charge is 0.276 e. The molecule has 1 fully saturated rings. The first-order valence-electron chi connectivity index (χ1n) is 7.11. The van der Waals surface area contributed by atoms with Gasteiger partial charge in [-0.2, -0.15) is 5.10 Å². The molecule has 0 amide bonds. The quantitative estimate of drug-likeness (QED) is 0.904. The maximum atomic E-state index is 12.1. The predicted octanol–water partition coefficient (Wildman–Crippen LogP) is 1.42. The lowest BCUT2D eigenvalue weighted by Crippen LogP contribution is -2.35. The average molecular weight is 260 g/mol. The Hall–Kier alpha value is -1.62. The summed E-state index contributed by atoms with van der Waals surface area (Å²) in [5.74, 6) is 0. The van der Waals surface area contributed by atoms with Crippen molar-refractivity contribution in [3.63, 3.8) is 0 Å². The summed E-state index contributed by atoms with van der Waals surface area (Å²) in [5, 5.41) is 7.62. The van der Waals surface area contributed by atoms with Gasteiger partial charge in [0.15, 0.2) is 0 Å². The van der Waals surface area contributed by atoms with E-state index in [4.69, 9.17) is 0 Å². The SMILES string of the molecule is O=c1c2ccnn2ccn1CCNC1CCCCC1. The molecule has 1 N–H and O–H groups in total. The average Bonchev–Trinajstić information content (AvgIpc) is 2.92. The molecule has 0 radical (unpaired) electrons. The Labute approximate surface area is 112 Å². The summed E-state index contributed by atoms with van der Waals surface area (Å²) in [5.41, 5.74) is 0.672. The van der Waals surface area contributed by atoms with Gasteiger partial charge in [0.1, 0.15) is 5.52 Å². The van der Waals surface area contributed by atoms with Crippen molar-refractivity contribution in [3.05, 3.63) is 35.0 Å². The van der Waals surface area contributed by atoms with Crippen molar-refractivity contribution >= 4 is 5.52 Å². The van der Waals surface area contributed by atoms with Crippen LogP contribution in [0.5, 0.6) is 0 Å². The Bertz CT molecular complexity index is 595. The zero-order chi connectivity index (χ0) is 13.1. The minimum atomic E-state index is 0.0328. The molecule has 1 saturated carbocycles. The molecule has 0 aromatic carbocycles. The molecular formula is C14H20N4O. The molecule has 0 spiro atoms. The lowest BCUT2D eigenvalue weighted by Gasteiger charge is -2.22. The molecule has 1 aliphatic rings. The molecule has 3 rings (SSSR count).